The Bertz CT molecular complexity index is 741. The van der Waals surface area contributed by atoms with Crippen molar-refractivity contribution in [1.29, 1.82) is 0 Å². The second-order valence-electron chi connectivity index (χ2n) is 3.89. The van der Waals surface area contributed by atoms with Gasteiger partial charge in [-0.15, -0.1) is 24.5 Å². The van der Waals surface area contributed by atoms with E-state index < -0.39 is 27.0 Å². The fraction of sp³-hybridized carbons (Fsp3) is 0.182. The van der Waals surface area contributed by atoms with E-state index >= 15 is 0 Å². The minimum atomic E-state index is -4.98. The van der Waals surface area contributed by atoms with E-state index in [1.807, 2.05) is 0 Å². The molecule has 1 N–H and O–H groups in total. The number of hydrogen-bond acceptors (Lipinski definition) is 5. The third-order valence-corrected chi connectivity index (χ3v) is 4.59. The summed E-state index contributed by atoms with van der Waals surface area (Å²) < 4.78 is 67.0. The summed E-state index contributed by atoms with van der Waals surface area (Å²) in [4.78, 5) is 3.28. The topological polar surface area (TPSA) is 68.3 Å². The van der Waals surface area contributed by atoms with E-state index in [9.17, 15) is 21.6 Å². The maximum atomic E-state index is 12.3. The van der Waals surface area contributed by atoms with Crippen molar-refractivity contribution < 1.29 is 26.3 Å². The summed E-state index contributed by atoms with van der Waals surface area (Å²) in [6, 6.07) is 4.48. The maximum Gasteiger partial charge on any atom is 0.573 e. The van der Waals surface area contributed by atoms with Gasteiger partial charge in [0.25, 0.3) is 10.0 Å². The van der Waals surface area contributed by atoms with Crippen LogP contribution in [0.3, 0.4) is 0 Å². The van der Waals surface area contributed by atoms with Crippen LogP contribution in [0.5, 0.6) is 5.75 Å². The molecule has 0 unspecified atom stereocenters. The number of nitrogens with one attached hydrogen (secondary N) is 1. The summed E-state index contributed by atoms with van der Waals surface area (Å²) in [6.45, 7) is 1.66. The molecule has 114 valence electrons. The number of nitrogens with zero attached hydrogens (tertiary/aromatic N) is 1. The van der Waals surface area contributed by atoms with Crippen molar-refractivity contribution in [1.82, 2.24) is 4.98 Å². The highest BCUT2D eigenvalue weighted by Crippen LogP contribution is 2.30. The minimum Gasteiger partial charge on any atom is -0.404 e. The minimum absolute atomic E-state index is 0.0642. The Balaban J connectivity index is 2.36. The van der Waals surface area contributed by atoms with Crippen LogP contribution in [-0.4, -0.2) is 19.8 Å². The first kappa shape index (κ1) is 15.6. The van der Waals surface area contributed by atoms with Crippen LogP contribution in [0, 0.1) is 6.92 Å². The molecule has 2 aromatic rings. The predicted octanol–water partition coefficient (Wildman–Crippen LogP) is 3.15. The average molecular weight is 338 g/mol. The fourth-order valence-electron chi connectivity index (χ4n) is 1.45. The second-order valence-corrected chi connectivity index (χ2v) is 6.40. The first-order valence-corrected chi connectivity index (χ1v) is 7.83. The molecule has 2 rings (SSSR count). The van der Waals surface area contributed by atoms with E-state index in [2.05, 4.69) is 14.4 Å². The van der Waals surface area contributed by atoms with Gasteiger partial charge in [0.2, 0.25) is 0 Å². The zero-order chi connectivity index (χ0) is 15.7. The first-order chi connectivity index (χ1) is 9.67. The van der Waals surface area contributed by atoms with E-state index in [4.69, 9.17) is 0 Å². The number of benzene rings is 1. The van der Waals surface area contributed by atoms with Crippen LogP contribution >= 0.6 is 11.3 Å². The van der Waals surface area contributed by atoms with Gasteiger partial charge in [-0.25, -0.2) is 13.4 Å². The molecule has 0 saturated heterocycles. The van der Waals surface area contributed by atoms with Crippen LogP contribution in [0.25, 0.3) is 0 Å². The molecule has 0 aliphatic carbocycles. The van der Waals surface area contributed by atoms with Gasteiger partial charge in [0.1, 0.15) is 10.6 Å². The highest BCUT2D eigenvalue weighted by molar-refractivity contribution is 7.93. The molecule has 1 heterocycles. The number of ether oxygens (including phenoxy) is 1. The van der Waals surface area contributed by atoms with Gasteiger partial charge in [0.15, 0.2) is 5.13 Å². The molecule has 0 atom stereocenters. The van der Waals surface area contributed by atoms with E-state index in [1.165, 1.54) is 12.1 Å². The Morgan fingerprint density at radius 2 is 1.95 bits per heavy atom. The lowest BCUT2D eigenvalue weighted by atomic mass is 10.3. The standard InChI is InChI=1S/C11H9F3N2O3S2/c1-7-6-20-10(15-7)16-21(17,18)9-5-3-2-4-8(9)19-11(12,13)14/h2-6H,1H3,(H,15,16). The number of aromatic nitrogens is 1. The number of anilines is 1. The van der Waals surface area contributed by atoms with Crippen molar-refractivity contribution in [2.24, 2.45) is 0 Å². The SMILES string of the molecule is Cc1csc(NS(=O)(=O)c2ccccc2OC(F)(F)F)n1. The van der Waals surface area contributed by atoms with Crippen molar-refractivity contribution in [3.8, 4) is 5.75 Å². The number of halogens is 3. The molecule has 0 saturated carbocycles. The van der Waals surface area contributed by atoms with Gasteiger partial charge in [-0.05, 0) is 19.1 Å². The molecule has 0 bridgehead atoms. The van der Waals surface area contributed by atoms with E-state index in [0.29, 0.717) is 5.69 Å². The summed E-state index contributed by atoms with van der Waals surface area (Å²) >= 11 is 1.03. The van der Waals surface area contributed by atoms with Gasteiger partial charge in [-0.1, -0.05) is 12.1 Å². The van der Waals surface area contributed by atoms with Crippen molar-refractivity contribution >= 4 is 26.5 Å². The zero-order valence-corrected chi connectivity index (χ0v) is 12.1. The molecular weight excluding hydrogens is 329 g/mol. The molecule has 1 aromatic heterocycles. The predicted molar refractivity (Wildman–Crippen MR) is 70.8 cm³/mol. The van der Waals surface area contributed by atoms with Crippen molar-refractivity contribution in [2.75, 3.05) is 4.72 Å². The number of para-hydroxylation sites is 1. The third-order valence-electron chi connectivity index (χ3n) is 2.21. The Kier molecular flexibility index (Phi) is 4.10. The summed E-state index contributed by atoms with van der Waals surface area (Å²) in [5.74, 6) is -0.800. The normalized spacial score (nSPS) is 12.2. The number of thiazole rings is 1. The fourth-order valence-corrected chi connectivity index (χ4v) is 3.52. The van der Waals surface area contributed by atoms with Crippen LogP contribution < -0.4 is 9.46 Å². The summed E-state index contributed by atoms with van der Waals surface area (Å²) in [5, 5.41) is 1.67. The molecule has 0 radical (unpaired) electrons. The summed E-state index contributed by atoms with van der Waals surface area (Å²) in [7, 11) is -4.23. The van der Waals surface area contributed by atoms with Gasteiger partial charge in [0, 0.05) is 5.38 Å². The Hall–Kier alpha value is -1.81. The van der Waals surface area contributed by atoms with E-state index in [-0.39, 0.29) is 5.13 Å². The van der Waals surface area contributed by atoms with Crippen LogP contribution in [0.15, 0.2) is 34.5 Å². The van der Waals surface area contributed by atoms with Crippen molar-refractivity contribution in [3.05, 3.63) is 35.3 Å². The molecule has 0 spiro atoms. The van der Waals surface area contributed by atoms with Crippen molar-refractivity contribution in [3.63, 3.8) is 0 Å². The second kappa shape index (κ2) is 5.53. The molecule has 0 aliphatic rings. The molecule has 0 aliphatic heterocycles. The van der Waals surface area contributed by atoms with E-state index in [0.717, 1.165) is 23.5 Å². The number of aryl methyl sites for hydroxylation is 1. The quantitative estimate of drug-likeness (QED) is 0.930. The Labute approximate surface area is 122 Å². The van der Waals surface area contributed by atoms with Crippen LogP contribution in [-0.2, 0) is 10.0 Å². The molecule has 10 heteroatoms. The van der Waals surface area contributed by atoms with Gasteiger partial charge < -0.3 is 4.74 Å². The molecule has 5 nitrogen and oxygen atoms in total. The number of sulfonamides is 1. The van der Waals surface area contributed by atoms with Gasteiger partial charge in [-0.3, -0.25) is 4.72 Å². The van der Waals surface area contributed by atoms with Gasteiger partial charge in [0.05, 0.1) is 5.69 Å². The Morgan fingerprint density at radius 3 is 2.52 bits per heavy atom. The first-order valence-electron chi connectivity index (χ1n) is 5.47. The molecule has 1 aromatic carbocycles. The smallest absolute Gasteiger partial charge is 0.404 e. The number of hydrogen-bond donors (Lipinski definition) is 1. The van der Waals surface area contributed by atoms with Gasteiger partial charge >= 0.3 is 6.36 Å². The molecule has 21 heavy (non-hydrogen) atoms. The van der Waals surface area contributed by atoms with Crippen molar-refractivity contribution in [2.45, 2.75) is 18.2 Å². The number of rotatable bonds is 4. The van der Waals surface area contributed by atoms with Crippen LogP contribution in [0.4, 0.5) is 18.3 Å². The summed E-state index contributed by atoms with van der Waals surface area (Å²) in [6.07, 6.45) is -4.98. The monoisotopic (exact) mass is 338 g/mol. The summed E-state index contributed by atoms with van der Waals surface area (Å²) in [5.41, 5.74) is 0.595. The van der Waals surface area contributed by atoms with Gasteiger partial charge in [-0.2, -0.15) is 0 Å². The lowest BCUT2D eigenvalue weighted by molar-refractivity contribution is -0.275. The third kappa shape index (κ3) is 4.08. The zero-order valence-electron chi connectivity index (χ0n) is 10.5. The highest BCUT2D eigenvalue weighted by atomic mass is 32.2. The lowest BCUT2D eigenvalue weighted by Gasteiger charge is -2.13. The average Bonchev–Trinajstić information content (AvgIpc) is 2.72. The largest absolute Gasteiger partial charge is 0.573 e. The maximum absolute atomic E-state index is 12.3. The molecule has 0 fully saturated rings. The lowest BCUT2D eigenvalue weighted by Crippen LogP contribution is -2.20. The molecule has 0 amide bonds. The molecular formula is C11H9F3N2O3S2. The van der Waals surface area contributed by atoms with Crippen LogP contribution in [0.2, 0.25) is 0 Å². The highest BCUT2D eigenvalue weighted by Gasteiger charge is 2.34. The Morgan fingerprint density at radius 1 is 1.29 bits per heavy atom. The number of alkyl halides is 3. The van der Waals surface area contributed by atoms with E-state index in [1.54, 1.807) is 12.3 Å². The van der Waals surface area contributed by atoms with Crippen LogP contribution in [0.1, 0.15) is 5.69 Å².